The summed E-state index contributed by atoms with van der Waals surface area (Å²) >= 11 is 0. The lowest BCUT2D eigenvalue weighted by Gasteiger charge is -2.06. The van der Waals surface area contributed by atoms with E-state index >= 15 is 0 Å². The fraction of sp³-hybridized carbons (Fsp3) is 0.583. The molecule has 0 aliphatic heterocycles. The number of nitrogens with one attached hydrogen (secondary N) is 1. The number of aromatic nitrogens is 2. The molecule has 0 bridgehead atoms. The molecule has 1 aliphatic carbocycles. The molecular formula is C12H19N3O. The van der Waals surface area contributed by atoms with Crippen molar-refractivity contribution in [1.82, 2.24) is 14.5 Å². The van der Waals surface area contributed by atoms with Crippen molar-refractivity contribution < 1.29 is 0 Å². The van der Waals surface area contributed by atoms with Crippen LogP contribution in [0, 0.1) is 0 Å². The van der Waals surface area contributed by atoms with Crippen molar-refractivity contribution >= 4 is 0 Å². The van der Waals surface area contributed by atoms with Crippen LogP contribution in [0.4, 0.5) is 0 Å². The Morgan fingerprint density at radius 2 is 2.19 bits per heavy atom. The molecule has 2 rings (SSSR count). The fourth-order valence-corrected chi connectivity index (χ4v) is 1.69. The van der Waals surface area contributed by atoms with Crippen molar-refractivity contribution in [2.45, 2.75) is 38.9 Å². The number of imidazole rings is 1. The van der Waals surface area contributed by atoms with Gasteiger partial charge in [0.2, 0.25) is 0 Å². The summed E-state index contributed by atoms with van der Waals surface area (Å²) in [6, 6.07) is 0.689. The fourth-order valence-electron chi connectivity index (χ4n) is 1.69. The number of hydrogen-bond donors (Lipinski definition) is 1. The van der Waals surface area contributed by atoms with Crippen molar-refractivity contribution in [3.8, 4) is 0 Å². The van der Waals surface area contributed by atoms with E-state index in [0.717, 1.165) is 18.7 Å². The zero-order chi connectivity index (χ0) is 11.5. The summed E-state index contributed by atoms with van der Waals surface area (Å²) in [5.41, 5.74) is 1.11. The van der Waals surface area contributed by atoms with Crippen LogP contribution in [0.15, 0.2) is 29.3 Å². The van der Waals surface area contributed by atoms with E-state index in [-0.39, 0.29) is 5.69 Å². The highest BCUT2D eigenvalue weighted by Gasteiger charge is 2.20. The summed E-state index contributed by atoms with van der Waals surface area (Å²) in [6.07, 6.45) is 6.21. The first kappa shape index (κ1) is 11.2. The molecule has 1 fully saturated rings. The average molecular weight is 221 g/mol. The van der Waals surface area contributed by atoms with Gasteiger partial charge >= 0.3 is 5.69 Å². The predicted octanol–water partition coefficient (Wildman–Crippen LogP) is 0.978. The number of aryl methyl sites for hydroxylation is 1. The van der Waals surface area contributed by atoms with E-state index in [9.17, 15) is 4.79 Å². The van der Waals surface area contributed by atoms with Crippen molar-refractivity contribution in [2.75, 3.05) is 6.54 Å². The van der Waals surface area contributed by atoms with E-state index in [1.807, 2.05) is 19.3 Å². The molecule has 0 amide bonds. The van der Waals surface area contributed by atoms with E-state index in [2.05, 4.69) is 11.9 Å². The molecule has 0 saturated heterocycles. The number of rotatable bonds is 6. The second-order valence-corrected chi connectivity index (χ2v) is 4.40. The smallest absolute Gasteiger partial charge is 0.310 e. The Balaban J connectivity index is 1.89. The third-order valence-corrected chi connectivity index (χ3v) is 2.87. The van der Waals surface area contributed by atoms with Gasteiger partial charge in [-0.25, -0.2) is 4.79 Å². The summed E-state index contributed by atoms with van der Waals surface area (Å²) in [4.78, 5) is 11.8. The summed E-state index contributed by atoms with van der Waals surface area (Å²) in [7, 11) is 0. The molecule has 0 radical (unpaired) electrons. The average Bonchev–Trinajstić information content (AvgIpc) is 3.03. The molecule has 16 heavy (non-hydrogen) atoms. The second kappa shape index (κ2) is 4.70. The molecule has 0 unspecified atom stereocenters. The minimum absolute atomic E-state index is 0.0510. The van der Waals surface area contributed by atoms with Crippen LogP contribution in [0.2, 0.25) is 0 Å². The Morgan fingerprint density at radius 1 is 1.50 bits per heavy atom. The van der Waals surface area contributed by atoms with Gasteiger partial charge in [-0.2, -0.15) is 0 Å². The zero-order valence-corrected chi connectivity index (χ0v) is 9.78. The lowest BCUT2D eigenvalue weighted by molar-refractivity contribution is 0.639. The van der Waals surface area contributed by atoms with E-state index in [4.69, 9.17) is 0 Å². The minimum atomic E-state index is 0.0510. The lowest BCUT2D eigenvalue weighted by Crippen LogP contribution is -2.27. The molecule has 1 N–H and O–H groups in total. The molecule has 1 heterocycles. The molecule has 88 valence electrons. The maximum absolute atomic E-state index is 11.8. The number of nitrogens with zero attached hydrogens (tertiary/aromatic N) is 2. The molecule has 0 aromatic carbocycles. The quantitative estimate of drug-likeness (QED) is 0.727. The standard InChI is InChI=1S/C12H19N3O/c1-3-14-6-7-15(12(14)16)9-10(2)8-13-11-4-5-11/h6-7,11,13H,2-5,8-9H2,1H3. The Bertz CT molecular complexity index is 426. The highest BCUT2D eigenvalue weighted by Crippen LogP contribution is 2.18. The molecule has 1 aromatic heterocycles. The van der Waals surface area contributed by atoms with Crippen molar-refractivity contribution in [1.29, 1.82) is 0 Å². The first-order chi connectivity index (χ1) is 7.70. The van der Waals surface area contributed by atoms with Gasteiger partial charge in [-0.05, 0) is 25.3 Å². The molecule has 1 saturated carbocycles. The van der Waals surface area contributed by atoms with Gasteiger partial charge in [0.05, 0.1) is 0 Å². The van der Waals surface area contributed by atoms with E-state index < -0.39 is 0 Å². The molecule has 1 aliphatic rings. The van der Waals surface area contributed by atoms with Crippen molar-refractivity contribution in [3.05, 3.63) is 35.0 Å². The topological polar surface area (TPSA) is 39.0 Å². The second-order valence-electron chi connectivity index (χ2n) is 4.40. The zero-order valence-electron chi connectivity index (χ0n) is 9.78. The van der Waals surface area contributed by atoms with Gasteiger partial charge < -0.3 is 5.32 Å². The van der Waals surface area contributed by atoms with E-state index in [1.165, 1.54) is 12.8 Å². The van der Waals surface area contributed by atoms with Gasteiger partial charge in [0, 0.05) is 38.1 Å². The molecule has 0 spiro atoms. The van der Waals surface area contributed by atoms with Gasteiger partial charge in [-0.3, -0.25) is 9.13 Å². The van der Waals surface area contributed by atoms with Crippen LogP contribution in [0.25, 0.3) is 0 Å². The third-order valence-electron chi connectivity index (χ3n) is 2.87. The van der Waals surface area contributed by atoms with Crippen molar-refractivity contribution in [2.24, 2.45) is 0 Å². The van der Waals surface area contributed by atoms with E-state index in [0.29, 0.717) is 12.6 Å². The Hall–Kier alpha value is -1.29. The highest BCUT2D eigenvalue weighted by molar-refractivity contribution is 5.00. The molecule has 4 heteroatoms. The van der Waals surface area contributed by atoms with Gasteiger partial charge in [0.15, 0.2) is 0 Å². The van der Waals surface area contributed by atoms with Crippen molar-refractivity contribution in [3.63, 3.8) is 0 Å². The Labute approximate surface area is 95.6 Å². The molecule has 1 aromatic rings. The highest BCUT2D eigenvalue weighted by atomic mass is 16.1. The normalized spacial score (nSPS) is 15.3. The van der Waals surface area contributed by atoms with Gasteiger partial charge in [-0.15, -0.1) is 0 Å². The summed E-state index contributed by atoms with van der Waals surface area (Å²) in [6.45, 7) is 8.11. The molecule has 4 nitrogen and oxygen atoms in total. The SMILES string of the molecule is C=C(CNC1CC1)Cn1ccn(CC)c1=O. The van der Waals surface area contributed by atoms with Crippen LogP contribution in [-0.2, 0) is 13.1 Å². The lowest BCUT2D eigenvalue weighted by atomic mass is 10.3. The van der Waals surface area contributed by atoms with Crippen LogP contribution in [0.3, 0.4) is 0 Å². The van der Waals surface area contributed by atoms with Crippen LogP contribution < -0.4 is 11.0 Å². The first-order valence-electron chi connectivity index (χ1n) is 5.86. The Morgan fingerprint density at radius 3 is 2.75 bits per heavy atom. The molecule has 0 atom stereocenters. The summed E-state index contributed by atoms with van der Waals surface area (Å²) < 4.78 is 3.40. The summed E-state index contributed by atoms with van der Waals surface area (Å²) in [5, 5.41) is 3.40. The Kier molecular flexibility index (Phi) is 3.29. The monoisotopic (exact) mass is 221 g/mol. The van der Waals surface area contributed by atoms with Crippen LogP contribution in [0.5, 0.6) is 0 Å². The largest absolute Gasteiger partial charge is 0.328 e. The first-order valence-corrected chi connectivity index (χ1v) is 5.86. The minimum Gasteiger partial charge on any atom is -0.310 e. The summed E-state index contributed by atoms with van der Waals surface area (Å²) in [5.74, 6) is 0. The third kappa shape index (κ3) is 2.64. The van der Waals surface area contributed by atoms with Gasteiger partial charge in [0.25, 0.3) is 0 Å². The van der Waals surface area contributed by atoms with Crippen LogP contribution in [-0.4, -0.2) is 21.7 Å². The maximum atomic E-state index is 11.8. The molecular weight excluding hydrogens is 202 g/mol. The number of hydrogen-bond acceptors (Lipinski definition) is 2. The van der Waals surface area contributed by atoms with Gasteiger partial charge in [-0.1, -0.05) is 6.58 Å². The van der Waals surface area contributed by atoms with E-state index in [1.54, 1.807) is 9.13 Å². The maximum Gasteiger partial charge on any atom is 0.328 e. The van der Waals surface area contributed by atoms with Crippen LogP contribution in [0.1, 0.15) is 19.8 Å². The van der Waals surface area contributed by atoms with Gasteiger partial charge in [0.1, 0.15) is 0 Å². The van der Waals surface area contributed by atoms with Crippen LogP contribution >= 0.6 is 0 Å². The predicted molar refractivity (Wildman–Crippen MR) is 64.5 cm³/mol.